The summed E-state index contributed by atoms with van der Waals surface area (Å²) in [6.45, 7) is 1.53. The van der Waals surface area contributed by atoms with Crippen LogP contribution >= 0.6 is 11.3 Å². The fourth-order valence-corrected chi connectivity index (χ4v) is 3.97. The number of thiophene rings is 1. The quantitative estimate of drug-likeness (QED) is 0.351. The molecule has 0 unspecified atom stereocenters. The molecule has 0 aliphatic heterocycles. The van der Waals surface area contributed by atoms with Crippen molar-refractivity contribution in [1.29, 1.82) is 0 Å². The maximum atomic E-state index is 12.5. The summed E-state index contributed by atoms with van der Waals surface area (Å²) in [7, 11) is 1.47. The molecule has 2 N–H and O–H groups in total. The Morgan fingerprint density at radius 3 is 2.44 bits per heavy atom. The molecule has 3 aromatic rings. The summed E-state index contributed by atoms with van der Waals surface area (Å²) in [6.07, 6.45) is 0.918. The molecule has 0 aliphatic rings. The third-order valence-electron chi connectivity index (χ3n) is 4.49. The van der Waals surface area contributed by atoms with Gasteiger partial charge < -0.3 is 30.2 Å². The van der Waals surface area contributed by atoms with Gasteiger partial charge >= 0.3 is 65.1 Å². The van der Waals surface area contributed by atoms with Gasteiger partial charge in [-0.05, 0) is 35.1 Å². The molecule has 11 heteroatoms. The van der Waals surface area contributed by atoms with E-state index in [1.165, 1.54) is 36.1 Å². The first-order chi connectivity index (χ1) is 14.3. The molecule has 0 fully saturated rings. The zero-order valence-electron chi connectivity index (χ0n) is 18.3. The van der Waals surface area contributed by atoms with Crippen LogP contribution in [0.25, 0.3) is 11.1 Å². The molecule has 3 rings (SSSR count). The van der Waals surface area contributed by atoms with Gasteiger partial charge in [-0.25, -0.2) is 4.79 Å². The summed E-state index contributed by atoms with van der Waals surface area (Å²) in [5, 5.41) is 30.1. The number of nitrogens with zero attached hydrogens (tertiary/aromatic N) is 1. The molecule has 0 bridgehead atoms. The molecule has 0 radical (unpaired) electrons. The maximum Gasteiger partial charge on any atom is 1.00 e. The van der Waals surface area contributed by atoms with Crippen LogP contribution < -0.4 is 85.5 Å². The molecule has 2 aromatic heterocycles. The minimum Gasteiger partial charge on any atom is -0.871 e. The monoisotopic (exact) mass is 471 g/mol. The first-order valence-electron chi connectivity index (χ1n) is 9.04. The average Bonchev–Trinajstić information content (AvgIpc) is 3.20. The van der Waals surface area contributed by atoms with E-state index in [1.807, 2.05) is 35.7 Å². The molecule has 0 aliphatic carbocycles. The Hall–Kier alpha value is -1.59. The van der Waals surface area contributed by atoms with Crippen LogP contribution in [0.3, 0.4) is 0 Å². The molecule has 8 nitrogen and oxygen atoms in total. The Balaban J connectivity index is 0.00000256. The van der Waals surface area contributed by atoms with Crippen LogP contribution in [0.1, 0.15) is 22.9 Å². The minimum atomic E-state index is -1.34. The van der Waals surface area contributed by atoms with Gasteiger partial charge in [-0.15, -0.1) is 11.3 Å². The first kappa shape index (κ1) is 28.4. The van der Waals surface area contributed by atoms with E-state index in [0.29, 0.717) is 10.4 Å². The standard InChI is InChI=1S/C21H21N3O5S.2Na/c1-12-10-24(2)20(28)18(19(12)27)23-21(29)22-15(9-17(25)26)16-8-14(11-30-16)13-6-4-3-5-7-13;;/h3-8,10-11,15,27H,9H2,1-2H3,(H,25,26)(H2,22,23,29);;/q;2*+1/p-2/t15-;;/m0../s1. The Morgan fingerprint density at radius 2 is 1.81 bits per heavy atom. The number of aryl methyl sites for hydroxylation is 2. The minimum absolute atomic E-state index is 0. The summed E-state index contributed by atoms with van der Waals surface area (Å²) in [4.78, 5) is 36.5. The predicted molar refractivity (Wildman–Crippen MR) is 110 cm³/mol. The summed E-state index contributed by atoms with van der Waals surface area (Å²) >= 11 is 1.29. The van der Waals surface area contributed by atoms with Crippen molar-refractivity contribution < 1.29 is 78.9 Å². The van der Waals surface area contributed by atoms with Gasteiger partial charge in [0.25, 0.3) is 5.56 Å². The van der Waals surface area contributed by atoms with Crippen LogP contribution in [0.15, 0.2) is 52.8 Å². The van der Waals surface area contributed by atoms with Crippen molar-refractivity contribution in [3.05, 3.63) is 68.8 Å². The zero-order chi connectivity index (χ0) is 21.8. The number of carboxylic acids is 1. The number of carbonyl (C=O) groups excluding carboxylic acids is 2. The van der Waals surface area contributed by atoms with Crippen LogP contribution in [0.4, 0.5) is 10.5 Å². The second kappa shape index (κ2) is 12.6. The van der Waals surface area contributed by atoms with Gasteiger partial charge in [0.2, 0.25) is 0 Å². The van der Waals surface area contributed by atoms with Crippen LogP contribution in [0.5, 0.6) is 5.75 Å². The van der Waals surface area contributed by atoms with Gasteiger partial charge in [0.1, 0.15) is 5.69 Å². The number of nitrogens with one attached hydrogen (secondary N) is 2. The third kappa shape index (κ3) is 6.95. The summed E-state index contributed by atoms with van der Waals surface area (Å²) in [5.74, 6) is -1.93. The van der Waals surface area contributed by atoms with Crippen molar-refractivity contribution in [1.82, 2.24) is 9.88 Å². The Labute approximate surface area is 233 Å². The number of amides is 2. The fraction of sp³-hybridized carbons (Fsp3) is 0.190. The van der Waals surface area contributed by atoms with E-state index in [0.717, 1.165) is 11.1 Å². The smallest absolute Gasteiger partial charge is 0.871 e. The molecular weight excluding hydrogens is 452 g/mol. The number of hydrogen-bond acceptors (Lipinski definition) is 6. The maximum absolute atomic E-state index is 12.5. The van der Waals surface area contributed by atoms with Gasteiger partial charge in [-0.2, -0.15) is 0 Å². The van der Waals surface area contributed by atoms with E-state index in [9.17, 15) is 24.6 Å². The Kier molecular flexibility index (Phi) is 11.2. The van der Waals surface area contributed by atoms with Crippen LogP contribution in [0.2, 0.25) is 0 Å². The summed E-state index contributed by atoms with van der Waals surface area (Å²) in [6, 6.07) is 9.56. The second-order valence-electron chi connectivity index (χ2n) is 6.76. The van der Waals surface area contributed by atoms with E-state index in [4.69, 9.17) is 0 Å². The molecule has 1 atom stereocenters. The van der Waals surface area contributed by atoms with Gasteiger partial charge in [0, 0.05) is 30.5 Å². The zero-order valence-corrected chi connectivity index (χ0v) is 23.1. The van der Waals surface area contributed by atoms with Gasteiger partial charge in [0.15, 0.2) is 0 Å². The van der Waals surface area contributed by atoms with Crippen molar-refractivity contribution in [2.75, 3.05) is 5.32 Å². The first-order valence-corrected chi connectivity index (χ1v) is 9.92. The largest absolute Gasteiger partial charge is 1.00 e. The van der Waals surface area contributed by atoms with Gasteiger partial charge in [-0.1, -0.05) is 36.1 Å². The molecule has 0 saturated heterocycles. The molecule has 1 aromatic carbocycles. The van der Waals surface area contributed by atoms with E-state index >= 15 is 0 Å². The molecule has 156 valence electrons. The average molecular weight is 471 g/mol. The van der Waals surface area contributed by atoms with Crippen molar-refractivity contribution in [3.63, 3.8) is 0 Å². The molecule has 32 heavy (non-hydrogen) atoms. The molecule has 0 spiro atoms. The number of aromatic nitrogens is 1. The van der Waals surface area contributed by atoms with Crippen molar-refractivity contribution in [2.24, 2.45) is 7.05 Å². The predicted octanol–water partition coefficient (Wildman–Crippen LogP) is -4.49. The van der Waals surface area contributed by atoms with E-state index < -0.39 is 41.5 Å². The Morgan fingerprint density at radius 1 is 1.16 bits per heavy atom. The normalized spacial score (nSPS) is 10.9. The number of pyridine rings is 1. The number of carboxylic acid groups (broad SMARTS) is 1. The number of urea groups is 1. The molecular formula is C21H19N3Na2O5S. The Bertz CT molecular complexity index is 1150. The molecule has 2 amide bonds. The third-order valence-corrected chi connectivity index (χ3v) is 5.54. The van der Waals surface area contributed by atoms with Crippen molar-refractivity contribution >= 4 is 29.0 Å². The van der Waals surface area contributed by atoms with Gasteiger partial charge in [-0.3, -0.25) is 4.79 Å². The van der Waals surface area contributed by atoms with Gasteiger partial charge in [0.05, 0.1) is 6.04 Å². The summed E-state index contributed by atoms with van der Waals surface area (Å²) < 4.78 is 1.19. The number of carbonyl (C=O) groups is 2. The topological polar surface area (TPSA) is 126 Å². The number of rotatable bonds is 6. The molecule has 2 heterocycles. The number of anilines is 1. The van der Waals surface area contributed by atoms with Crippen LogP contribution in [-0.4, -0.2) is 16.6 Å². The number of aliphatic carboxylic acids is 1. The van der Waals surface area contributed by atoms with Crippen molar-refractivity contribution in [2.45, 2.75) is 19.4 Å². The molecule has 0 saturated carbocycles. The summed E-state index contributed by atoms with van der Waals surface area (Å²) in [5.41, 5.74) is 1.09. The second-order valence-corrected chi connectivity index (χ2v) is 7.71. The van der Waals surface area contributed by atoms with Crippen LogP contribution in [-0.2, 0) is 11.8 Å². The van der Waals surface area contributed by atoms with E-state index in [2.05, 4.69) is 10.6 Å². The number of hydrogen-bond donors (Lipinski definition) is 2. The van der Waals surface area contributed by atoms with Crippen molar-refractivity contribution in [3.8, 4) is 16.9 Å². The number of benzene rings is 1. The van der Waals surface area contributed by atoms with E-state index in [-0.39, 0.29) is 59.1 Å². The fourth-order valence-electron chi connectivity index (χ4n) is 3.00. The van der Waals surface area contributed by atoms with E-state index in [1.54, 1.807) is 6.07 Å². The van der Waals surface area contributed by atoms with Crippen LogP contribution in [0, 0.1) is 6.92 Å². The SMILES string of the molecule is Cc1cn(C)c(=O)c(NC(=O)N[C@@H](CC(=O)[O-])c2cc(-c3ccccc3)cs2)c1[O-].[Na+].[Na+].